The van der Waals surface area contributed by atoms with E-state index < -0.39 is 0 Å². The molecule has 0 aliphatic carbocycles. The summed E-state index contributed by atoms with van der Waals surface area (Å²) in [6.45, 7) is 0.653. The van der Waals surface area contributed by atoms with E-state index in [0.717, 1.165) is 12.0 Å². The summed E-state index contributed by atoms with van der Waals surface area (Å²) in [7, 11) is 0. The molecule has 64 valence electrons. The van der Waals surface area contributed by atoms with Gasteiger partial charge in [-0.15, -0.1) is 0 Å². The van der Waals surface area contributed by atoms with Crippen molar-refractivity contribution in [2.45, 2.75) is 6.42 Å². The van der Waals surface area contributed by atoms with Crippen LogP contribution >= 0.6 is 0 Å². The molecule has 1 heterocycles. The fourth-order valence-electron chi connectivity index (χ4n) is 0.842. The molecule has 0 saturated carbocycles. The van der Waals surface area contributed by atoms with Crippen LogP contribution in [0.25, 0.3) is 6.08 Å². The SMILES string of the molecule is NCCC=Cc1ccc(=O)[nH]c1. The highest BCUT2D eigenvalue weighted by molar-refractivity contribution is 5.47. The Morgan fingerprint density at radius 3 is 2.92 bits per heavy atom. The summed E-state index contributed by atoms with van der Waals surface area (Å²) >= 11 is 0. The zero-order chi connectivity index (χ0) is 8.81. The van der Waals surface area contributed by atoms with E-state index in [4.69, 9.17) is 5.73 Å². The molecule has 0 amide bonds. The van der Waals surface area contributed by atoms with E-state index in [1.165, 1.54) is 6.07 Å². The first-order valence-electron chi connectivity index (χ1n) is 3.88. The summed E-state index contributed by atoms with van der Waals surface area (Å²) in [6.07, 6.45) is 6.45. The molecular formula is C9H12N2O. The molecule has 0 aromatic carbocycles. The molecule has 3 N–H and O–H groups in total. The minimum Gasteiger partial charge on any atom is -0.330 e. The van der Waals surface area contributed by atoms with Gasteiger partial charge in [-0.2, -0.15) is 0 Å². The summed E-state index contributed by atoms with van der Waals surface area (Å²) in [6, 6.07) is 3.27. The third-order valence-electron chi connectivity index (χ3n) is 1.45. The average molecular weight is 164 g/mol. The number of aromatic amines is 1. The van der Waals surface area contributed by atoms with Crippen LogP contribution in [0.3, 0.4) is 0 Å². The van der Waals surface area contributed by atoms with E-state index in [9.17, 15) is 4.79 Å². The standard InChI is InChI=1S/C9H12N2O/c10-6-2-1-3-8-4-5-9(12)11-7-8/h1,3-5,7H,2,6,10H2,(H,11,12). The molecule has 0 atom stereocenters. The number of nitrogens with two attached hydrogens (primary N) is 1. The minimum atomic E-state index is -0.0778. The van der Waals surface area contributed by atoms with Gasteiger partial charge in [-0.1, -0.05) is 12.2 Å². The molecule has 1 aromatic heterocycles. The zero-order valence-electron chi connectivity index (χ0n) is 6.79. The number of rotatable bonds is 3. The van der Waals surface area contributed by atoms with Gasteiger partial charge < -0.3 is 10.7 Å². The summed E-state index contributed by atoms with van der Waals surface area (Å²) in [5.74, 6) is 0. The van der Waals surface area contributed by atoms with Crippen molar-refractivity contribution in [1.29, 1.82) is 0 Å². The van der Waals surface area contributed by atoms with Crippen LogP contribution in [0.1, 0.15) is 12.0 Å². The van der Waals surface area contributed by atoms with Crippen LogP contribution in [0.5, 0.6) is 0 Å². The first-order chi connectivity index (χ1) is 5.83. The first kappa shape index (κ1) is 8.74. The fraction of sp³-hybridized carbons (Fsp3) is 0.222. The van der Waals surface area contributed by atoms with Crippen LogP contribution in [0.2, 0.25) is 0 Å². The van der Waals surface area contributed by atoms with Gasteiger partial charge in [-0.25, -0.2) is 0 Å². The molecule has 0 aliphatic heterocycles. The fourth-order valence-corrected chi connectivity index (χ4v) is 0.842. The Bertz CT molecular complexity index is 294. The average Bonchev–Trinajstić information content (AvgIpc) is 2.09. The van der Waals surface area contributed by atoms with Crippen molar-refractivity contribution in [3.8, 4) is 0 Å². The molecule has 0 unspecified atom stereocenters. The topological polar surface area (TPSA) is 58.9 Å². The third-order valence-corrected chi connectivity index (χ3v) is 1.45. The van der Waals surface area contributed by atoms with Crippen molar-refractivity contribution in [3.63, 3.8) is 0 Å². The zero-order valence-corrected chi connectivity index (χ0v) is 6.79. The van der Waals surface area contributed by atoms with Gasteiger partial charge in [0, 0.05) is 12.3 Å². The smallest absolute Gasteiger partial charge is 0.247 e. The van der Waals surface area contributed by atoms with Crippen LogP contribution in [0.15, 0.2) is 29.2 Å². The van der Waals surface area contributed by atoms with Gasteiger partial charge >= 0.3 is 0 Å². The Morgan fingerprint density at radius 1 is 1.50 bits per heavy atom. The van der Waals surface area contributed by atoms with E-state index in [1.54, 1.807) is 12.3 Å². The number of hydrogen-bond donors (Lipinski definition) is 2. The molecule has 3 nitrogen and oxygen atoms in total. The monoisotopic (exact) mass is 164 g/mol. The quantitative estimate of drug-likeness (QED) is 0.692. The summed E-state index contributed by atoms with van der Waals surface area (Å²) < 4.78 is 0. The summed E-state index contributed by atoms with van der Waals surface area (Å²) in [5, 5.41) is 0. The summed E-state index contributed by atoms with van der Waals surface area (Å²) in [4.78, 5) is 13.2. The Balaban J connectivity index is 2.64. The van der Waals surface area contributed by atoms with Crippen molar-refractivity contribution < 1.29 is 0 Å². The van der Waals surface area contributed by atoms with E-state index >= 15 is 0 Å². The van der Waals surface area contributed by atoms with Crippen LogP contribution < -0.4 is 11.3 Å². The summed E-state index contributed by atoms with van der Waals surface area (Å²) in [5.41, 5.74) is 6.22. The number of aromatic nitrogens is 1. The lowest BCUT2D eigenvalue weighted by molar-refractivity contribution is 1.01. The van der Waals surface area contributed by atoms with E-state index in [1.807, 2.05) is 12.2 Å². The van der Waals surface area contributed by atoms with Gasteiger partial charge in [-0.05, 0) is 24.6 Å². The maximum Gasteiger partial charge on any atom is 0.247 e. The van der Waals surface area contributed by atoms with Crippen LogP contribution in [-0.2, 0) is 0 Å². The minimum absolute atomic E-state index is 0.0778. The lowest BCUT2D eigenvalue weighted by atomic mass is 10.2. The number of nitrogens with one attached hydrogen (secondary N) is 1. The normalized spacial score (nSPS) is 10.8. The van der Waals surface area contributed by atoms with E-state index in [0.29, 0.717) is 6.54 Å². The second kappa shape index (κ2) is 4.51. The first-order valence-corrected chi connectivity index (χ1v) is 3.88. The molecule has 1 rings (SSSR count). The number of H-pyrrole nitrogens is 1. The highest BCUT2D eigenvalue weighted by atomic mass is 16.1. The molecule has 1 aromatic rings. The lowest BCUT2D eigenvalue weighted by Crippen LogP contribution is -2.01. The molecule has 0 saturated heterocycles. The van der Waals surface area contributed by atoms with E-state index in [-0.39, 0.29) is 5.56 Å². The van der Waals surface area contributed by atoms with Crippen molar-refractivity contribution >= 4 is 6.08 Å². The maximum absolute atomic E-state index is 10.7. The van der Waals surface area contributed by atoms with Gasteiger partial charge in [0.2, 0.25) is 5.56 Å². The Kier molecular flexibility index (Phi) is 3.29. The molecule has 0 aliphatic rings. The van der Waals surface area contributed by atoms with Crippen molar-refractivity contribution in [2.24, 2.45) is 5.73 Å². The lowest BCUT2D eigenvalue weighted by Gasteiger charge is -1.90. The molecule has 0 bridgehead atoms. The largest absolute Gasteiger partial charge is 0.330 e. The highest BCUT2D eigenvalue weighted by Crippen LogP contribution is 1.96. The second-order valence-electron chi connectivity index (χ2n) is 2.47. The number of hydrogen-bond acceptors (Lipinski definition) is 2. The Hall–Kier alpha value is -1.35. The van der Waals surface area contributed by atoms with Gasteiger partial charge in [0.15, 0.2) is 0 Å². The van der Waals surface area contributed by atoms with Gasteiger partial charge in [0.05, 0.1) is 0 Å². The molecule has 0 radical (unpaired) electrons. The molecular weight excluding hydrogens is 152 g/mol. The Labute approximate surface area is 70.9 Å². The molecule has 12 heavy (non-hydrogen) atoms. The van der Waals surface area contributed by atoms with Crippen molar-refractivity contribution in [3.05, 3.63) is 40.3 Å². The predicted octanol–water partition coefficient (Wildman–Crippen LogP) is 0.737. The molecule has 0 spiro atoms. The van der Waals surface area contributed by atoms with Gasteiger partial charge in [-0.3, -0.25) is 4.79 Å². The van der Waals surface area contributed by atoms with Crippen LogP contribution in [0.4, 0.5) is 0 Å². The predicted molar refractivity (Wildman–Crippen MR) is 49.8 cm³/mol. The van der Waals surface area contributed by atoms with Gasteiger partial charge in [0.25, 0.3) is 0 Å². The van der Waals surface area contributed by atoms with Crippen molar-refractivity contribution in [1.82, 2.24) is 4.98 Å². The molecule has 0 fully saturated rings. The number of pyridine rings is 1. The highest BCUT2D eigenvalue weighted by Gasteiger charge is 1.84. The van der Waals surface area contributed by atoms with Crippen LogP contribution in [0, 0.1) is 0 Å². The van der Waals surface area contributed by atoms with E-state index in [2.05, 4.69) is 4.98 Å². The third kappa shape index (κ3) is 2.72. The van der Waals surface area contributed by atoms with Crippen LogP contribution in [-0.4, -0.2) is 11.5 Å². The van der Waals surface area contributed by atoms with Crippen molar-refractivity contribution in [2.75, 3.05) is 6.54 Å². The second-order valence-corrected chi connectivity index (χ2v) is 2.47. The molecule has 3 heteroatoms. The Morgan fingerprint density at radius 2 is 2.33 bits per heavy atom. The van der Waals surface area contributed by atoms with Gasteiger partial charge in [0.1, 0.15) is 0 Å². The maximum atomic E-state index is 10.7.